The standard InChI is InChI=1S/C21H28O2/c1-16-10-8-11-17(2)20(16)22-14-6-5-7-15-23-21-18(3)12-9-13-19(21)4/h8-13H,5-7,14-15H2,1-4H3. The van der Waals surface area contributed by atoms with Gasteiger partial charge in [0.05, 0.1) is 13.2 Å². The smallest absolute Gasteiger partial charge is 0.125 e. The Morgan fingerprint density at radius 3 is 1.26 bits per heavy atom. The molecule has 2 aromatic rings. The molecular weight excluding hydrogens is 284 g/mol. The van der Waals surface area contributed by atoms with Gasteiger partial charge in [0, 0.05) is 0 Å². The van der Waals surface area contributed by atoms with Crippen molar-refractivity contribution in [3.8, 4) is 11.5 Å². The highest BCUT2D eigenvalue weighted by Gasteiger charge is 2.04. The van der Waals surface area contributed by atoms with E-state index >= 15 is 0 Å². The third-order valence-electron chi connectivity index (χ3n) is 4.10. The summed E-state index contributed by atoms with van der Waals surface area (Å²) in [5.74, 6) is 2.08. The molecule has 0 aromatic heterocycles. The van der Waals surface area contributed by atoms with Crippen LogP contribution in [0.4, 0.5) is 0 Å². The van der Waals surface area contributed by atoms with Crippen LogP contribution >= 0.6 is 0 Å². The molecule has 0 aliphatic heterocycles. The van der Waals surface area contributed by atoms with E-state index in [4.69, 9.17) is 9.47 Å². The summed E-state index contributed by atoms with van der Waals surface area (Å²) in [6.07, 6.45) is 3.24. The molecule has 2 nitrogen and oxygen atoms in total. The van der Waals surface area contributed by atoms with Gasteiger partial charge in [-0.25, -0.2) is 0 Å². The van der Waals surface area contributed by atoms with Crippen LogP contribution in [0.3, 0.4) is 0 Å². The van der Waals surface area contributed by atoms with Crippen LogP contribution < -0.4 is 9.47 Å². The zero-order chi connectivity index (χ0) is 16.7. The molecule has 124 valence electrons. The van der Waals surface area contributed by atoms with Gasteiger partial charge in [-0.05, 0) is 69.2 Å². The molecule has 0 bridgehead atoms. The fourth-order valence-corrected chi connectivity index (χ4v) is 2.78. The van der Waals surface area contributed by atoms with Crippen molar-refractivity contribution in [3.05, 3.63) is 58.7 Å². The SMILES string of the molecule is Cc1cccc(C)c1OCCCCCOc1c(C)cccc1C. The van der Waals surface area contributed by atoms with E-state index in [0.717, 1.165) is 44.0 Å². The molecule has 0 fully saturated rings. The summed E-state index contributed by atoms with van der Waals surface area (Å²) in [4.78, 5) is 0. The first kappa shape index (κ1) is 17.4. The van der Waals surface area contributed by atoms with Crippen molar-refractivity contribution in [1.82, 2.24) is 0 Å². The number of hydrogen-bond acceptors (Lipinski definition) is 2. The highest BCUT2D eigenvalue weighted by atomic mass is 16.5. The Morgan fingerprint density at radius 1 is 0.565 bits per heavy atom. The third-order valence-corrected chi connectivity index (χ3v) is 4.10. The molecule has 2 rings (SSSR count). The lowest BCUT2D eigenvalue weighted by Crippen LogP contribution is -2.03. The van der Waals surface area contributed by atoms with Crippen LogP contribution in [0.25, 0.3) is 0 Å². The van der Waals surface area contributed by atoms with Gasteiger partial charge in [0.25, 0.3) is 0 Å². The summed E-state index contributed by atoms with van der Waals surface area (Å²) in [5.41, 5.74) is 4.85. The van der Waals surface area contributed by atoms with E-state index in [-0.39, 0.29) is 0 Å². The van der Waals surface area contributed by atoms with Gasteiger partial charge in [0.15, 0.2) is 0 Å². The van der Waals surface area contributed by atoms with E-state index < -0.39 is 0 Å². The van der Waals surface area contributed by atoms with Crippen molar-refractivity contribution in [2.24, 2.45) is 0 Å². The molecule has 0 aliphatic carbocycles. The second-order valence-corrected chi connectivity index (χ2v) is 6.20. The predicted molar refractivity (Wildman–Crippen MR) is 96.7 cm³/mol. The third kappa shape index (κ3) is 5.02. The summed E-state index contributed by atoms with van der Waals surface area (Å²) in [6.45, 7) is 9.94. The molecule has 0 N–H and O–H groups in total. The van der Waals surface area contributed by atoms with Crippen LogP contribution in [0, 0.1) is 27.7 Å². The molecule has 0 heterocycles. The molecule has 2 heteroatoms. The molecule has 0 saturated heterocycles. The van der Waals surface area contributed by atoms with Gasteiger partial charge in [0.1, 0.15) is 11.5 Å². The Balaban J connectivity index is 1.65. The van der Waals surface area contributed by atoms with Crippen molar-refractivity contribution in [2.45, 2.75) is 47.0 Å². The quantitative estimate of drug-likeness (QED) is 0.595. The van der Waals surface area contributed by atoms with Gasteiger partial charge in [0.2, 0.25) is 0 Å². The van der Waals surface area contributed by atoms with Crippen LogP contribution in [-0.2, 0) is 0 Å². The highest BCUT2D eigenvalue weighted by Crippen LogP contribution is 2.23. The molecule has 0 saturated carbocycles. The Kier molecular flexibility index (Phi) is 6.52. The Hall–Kier alpha value is -1.96. The van der Waals surface area contributed by atoms with E-state index in [2.05, 4.69) is 64.1 Å². The summed E-state index contributed by atoms with van der Waals surface area (Å²) in [5, 5.41) is 0. The average molecular weight is 312 g/mol. The van der Waals surface area contributed by atoms with E-state index in [1.54, 1.807) is 0 Å². The van der Waals surface area contributed by atoms with Gasteiger partial charge >= 0.3 is 0 Å². The summed E-state index contributed by atoms with van der Waals surface area (Å²) in [6, 6.07) is 12.5. The molecule has 0 radical (unpaired) electrons. The number of para-hydroxylation sites is 2. The summed E-state index contributed by atoms with van der Waals surface area (Å²) in [7, 11) is 0. The normalized spacial score (nSPS) is 10.6. The van der Waals surface area contributed by atoms with Crippen molar-refractivity contribution in [1.29, 1.82) is 0 Å². The maximum Gasteiger partial charge on any atom is 0.125 e. The number of hydrogen-bond donors (Lipinski definition) is 0. The maximum absolute atomic E-state index is 5.93. The number of rotatable bonds is 8. The number of benzene rings is 2. The fourth-order valence-electron chi connectivity index (χ4n) is 2.78. The predicted octanol–water partition coefficient (Wildman–Crippen LogP) is 5.55. The first-order valence-corrected chi connectivity index (χ1v) is 8.47. The van der Waals surface area contributed by atoms with Crippen LogP contribution in [-0.4, -0.2) is 13.2 Å². The largest absolute Gasteiger partial charge is 0.493 e. The van der Waals surface area contributed by atoms with Crippen molar-refractivity contribution >= 4 is 0 Å². The molecule has 0 aliphatic rings. The van der Waals surface area contributed by atoms with Gasteiger partial charge < -0.3 is 9.47 Å². The molecule has 0 atom stereocenters. The molecule has 0 spiro atoms. The Labute approximate surface area is 140 Å². The molecule has 2 aromatic carbocycles. The number of aryl methyl sites for hydroxylation is 4. The lowest BCUT2D eigenvalue weighted by Gasteiger charge is -2.13. The van der Waals surface area contributed by atoms with Crippen molar-refractivity contribution in [3.63, 3.8) is 0 Å². The lowest BCUT2D eigenvalue weighted by atomic mass is 10.1. The van der Waals surface area contributed by atoms with Crippen molar-refractivity contribution in [2.75, 3.05) is 13.2 Å². The Bertz CT molecular complexity index is 536. The minimum atomic E-state index is 0.773. The first-order chi connectivity index (χ1) is 11.1. The van der Waals surface area contributed by atoms with Crippen LogP contribution in [0.1, 0.15) is 41.5 Å². The molecule has 0 unspecified atom stereocenters. The monoisotopic (exact) mass is 312 g/mol. The van der Waals surface area contributed by atoms with Gasteiger partial charge in [-0.15, -0.1) is 0 Å². The summed E-state index contributed by atoms with van der Waals surface area (Å²) >= 11 is 0. The zero-order valence-electron chi connectivity index (χ0n) is 14.8. The van der Waals surface area contributed by atoms with Gasteiger partial charge in [-0.3, -0.25) is 0 Å². The minimum Gasteiger partial charge on any atom is -0.493 e. The van der Waals surface area contributed by atoms with Crippen LogP contribution in [0.15, 0.2) is 36.4 Å². The zero-order valence-corrected chi connectivity index (χ0v) is 14.8. The van der Waals surface area contributed by atoms with Gasteiger partial charge in [-0.1, -0.05) is 36.4 Å². The van der Waals surface area contributed by atoms with Gasteiger partial charge in [-0.2, -0.15) is 0 Å². The molecule has 23 heavy (non-hydrogen) atoms. The molecule has 0 amide bonds. The van der Waals surface area contributed by atoms with E-state index in [0.29, 0.717) is 0 Å². The van der Waals surface area contributed by atoms with Crippen LogP contribution in [0.2, 0.25) is 0 Å². The fraction of sp³-hybridized carbons (Fsp3) is 0.429. The lowest BCUT2D eigenvalue weighted by molar-refractivity contribution is 0.276. The van der Waals surface area contributed by atoms with E-state index in [9.17, 15) is 0 Å². The average Bonchev–Trinajstić information content (AvgIpc) is 2.51. The second kappa shape index (κ2) is 8.61. The van der Waals surface area contributed by atoms with Crippen LogP contribution in [0.5, 0.6) is 11.5 Å². The highest BCUT2D eigenvalue weighted by molar-refractivity contribution is 5.40. The first-order valence-electron chi connectivity index (χ1n) is 8.47. The Morgan fingerprint density at radius 2 is 0.913 bits per heavy atom. The summed E-state index contributed by atoms with van der Waals surface area (Å²) < 4.78 is 11.9. The van der Waals surface area contributed by atoms with Crippen molar-refractivity contribution < 1.29 is 9.47 Å². The topological polar surface area (TPSA) is 18.5 Å². The molecular formula is C21H28O2. The second-order valence-electron chi connectivity index (χ2n) is 6.20. The number of unbranched alkanes of at least 4 members (excludes halogenated alkanes) is 2. The maximum atomic E-state index is 5.93. The minimum absolute atomic E-state index is 0.773. The number of ether oxygens (including phenoxy) is 2. The van der Waals surface area contributed by atoms with E-state index in [1.165, 1.54) is 22.3 Å². The van der Waals surface area contributed by atoms with E-state index in [1.807, 2.05) is 0 Å².